The molecule has 2 atom stereocenters. The van der Waals surface area contributed by atoms with Crippen LogP contribution < -0.4 is 16.4 Å². The van der Waals surface area contributed by atoms with Crippen molar-refractivity contribution in [3.63, 3.8) is 0 Å². The second-order valence-corrected chi connectivity index (χ2v) is 4.66. The highest BCUT2D eigenvalue weighted by molar-refractivity contribution is 5.82. The summed E-state index contributed by atoms with van der Waals surface area (Å²) in [7, 11) is 0. The Hall–Kier alpha value is -2.36. The average molecular weight is 319 g/mol. The number of carbonyl (C=O) groups is 4. The number of amides is 2. The number of hydrogen-bond acceptors (Lipinski definition) is 5. The van der Waals surface area contributed by atoms with Crippen LogP contribution in [0.4, 0.5) is 4.79 Å². The van der Waals surface area contributed by atoms with Gasteiger partial charge in [0, 0.05) is 13.0 Å². The molecule has 0 saturated heterocycles. The molecule has 0 aromatic rings. The predicted molar refractivity (Wildman–Crippen MR) is 74.3 cm³/mol. The van der Waals surface area contributed by atoms with E-state index in [9.17, 15) is 19.2 Å². The SMILES string of the molecule is NC(CCCCNC(=O)NC(CCC(=O)O)C(=O)O)C(=O)O. The fourth-order valence-electron chi connectivity index (χ4n) is 1.55. The molecule has 0 spiro atoms. The monoisotopic (exact) mass is 319 g/mol. The molecule has 0 aromatic carbocycles. The molecule has 10 heteroatoms. The molecule has 2 amide bonds. The summed E-state index contributed by atoms with van der Waals surface area (Å²) in [6, 6.07) is -2.95. The van der Waals surface area contributed by atoms with Crippen molar-refractivity contribution in [2.45, 2.75) is 44.2 Å². The minimum atomic E-state index is -1.32. The molecule has 10 nitrogen and oxygen atoms in total. The Balaban J connectivity index is 3.92. The predicted octanol–water partition coefficient (Wildman–Crippen LogP) is -0.814. The van der Waals surface area contributed by atoms with Crippen LogP contribution in [0.3, 0.4) is 0 Å². The Morgan fingerprint density at radius 1 is 0.955 bits per heavy atom. The van der Waals surface area contributed by atoms with Crippen LogP contribution in [0.5, 0.6) is 0 Å². The van der Waals surface area contributed by atoms with E-state index in [0.29, 0.717) is 12.8 Å². The van der Waals surface area contributed by atoms with Gasteiger partial charge in [0.05, 0.1) is 0 Å². The molecular weight excluding hydrogens is 298 g/mol. The van der Waals surface area contributed by atoms with Gasteiger partial charge in [-0.05, 0) is 25.7 Å². The summed E-state index contributed by atoms with van der Waals surface area (Å²) < 4.78 is 0. The fourth-order valence-corrected chi connectivity index (χ4v) is 1.55. The summed E-state index contributed by atoms with van der Waals surface area (Å²) in [6.45, 7) is 0.226. The summed E-state index contributed by atoms with van der Waals surface area (Å²) in [4.78, 5) is 43.2. The van der Waals surface area contributed by atoms with Gasteiger partial charge in [-0.3, -0.25) is 9.59 Å². The van der Waals surface area contributed by atoms with Gasteiger partial charge < -0.3 is 31.7 Å². The van der Waals surface area contributed by atoms with E-state index >= 15 is 0 Å². The number of carboxylic acids is 3. The molecule has 0 rings (SSSR count). The highest BCUT2D eigenvalue weighted by Crippen LogP contribution is 1.99. The molecule has 0 aromatic heterocycles. The Bertz CT molecular complexity index is 414. The topological polar surface area (TPSA) is 179 Å². The van der Waals surface area contributed by atoms with Crippen molar-refractivity contribution in [2.24, 2.45) is 5.73 Å². The lowest BCUT2D eigenvalue weighted by molar-refractivity contribution is -0.141. The molecule has 0 saturated carbocycles. The van der Waals surface area contributed by atoms with Crippen LogP contribution >= 0.6 is 0 Å². The second-order valence-electron chi connectivity index (χ2n) is 4.66. The normalized spacial score (nSPS) is 13.0. The van der Waals surface area contributed by atoms with E-state index < -0.39 is 36.0 Å². The Labute approximate surface area is 126 Å². The van der Waals surface area contributed by atoms with Gasteiger partial charge in [-0.15, -0.1) is 0 Å². The first-order chi connectivity index (χ1) is 10.2. The van der Waals surface area contributed by atoms with Crippen molar-refractivity contribution in [2.75, 3.05) is 6.54 Å². The quantitative estimate of drug-likeness (QED) is 0.267. The van der Waals surface area contributed by atoms with E-state index in [1.807, 2.05) is 0 Å². The molecule has 0 bridgehead atoms. The minimum Gasteiger partial charge on any atom is -0.481 e. The van der Waals surface area contributed by atoms with Crippen LogP contribution in [-0.4, -0.2) is 57.9 Å². The molecule has 0 aliphatic carbocycles. The molecule has 0 radical (unpaired) electrons. The van der Waals surface area contributed by atoms with Gasteiger partial charge in [-0.2, -0.15) is 0 Å². The third kappa shape index (κ3) is 9.53. The van der Waals surface area contributed by atoms with Gasteiger partial charge in [0.1, 0.15) is 12.1 Å². The van der Waals surface area contributed by atoms with Gasteiger partial charge >= 0.3 is 23.9 Å². The van der Waals surface area contributed by atoms with Crippen molar-refractivity contribution in [1.29, 1.82) is 0 Å². The number of carbonyl (C=O) groups excluding carboxylic acids is 1. The number of hydrogen-bond donors (Lipinski definition) is 6. The first-order valence-electron chi connectivity index (χ1n) is 6.71. The first-order valence-corrected chi connectivity index (χ1v) is 6.71. The molecular formula is C12H21N3O7. The van der Waals surface area contributed by atoms with Gasteiger partial charge in [0.2, 0.25) is 0 Å². The number of aliphatic carboxylic acids is 3. The standard InChI is InChI=1S/C12H21N3O7/c13-7(10(18)19)3-1-2-6-14-12(22)15-8(11(20)21)4-5-9(16)17/h7-8H,1-6,13H2,(H,16,17)(H,18,19)(H,20,21)(H2,14,15,22). The second kappa shape index (κ2) is 10.4. The summed E-state index contributed by atoms with van der Waals surface area (Å²) in [5.74, 6) is -3.56. The average Bonchev–Trinajstić information content (AvgIpc) is 2.41. The van der Waals surface area contributed by atoms with E-state index in [2.05, 4.69) is 10.6 Å². The molecule has 0 aliphatic heterocycles. The Morgan fingerprint density at radius 3 is 2.09 bits per heavy atom. The highest BCUT2D eigenvalue weighted by Gasteiger charge is 2.20. The molecule has 7 N–H and O–H groups in total. The minimum absolute atomic E-state index is 0.217. The molecule has 22 heavy (non-hydrogen) atoms. The summed E-state index contributed by atoms with van der Waals surface area (Å²) in [5, 5.41) is 30.5. The first kappa shape index (κ1) is 19.6. The van der Waals surface area contributed by atoms with E-state index in [-0.39, 0.29) is 25.8 Å². The molecule has 0 fully saturated rings. The lowest BCUT2D eigenvalue weighted by atomic mass is 10.1. The van der Waals surface area contributed by atoms with E-state index in [1.54, 1.807) is 0 Å². The van der Waals surface area contributed by atoms with Gasteiger partial charge in [0.25, 0.3) is 0 Å². The Morgan fingerprint density at radius 2 is 1.59 bits per heavy atom. The Kier molecular flexibility index (Phi) is 9.27. The maximum atomic E-state index is 11.5. The summed E-state index contributed by atoms with van der Waals surface area (Å²) >= 11 is 0. The number of unbranched alkanes of at least 4 members (excludes halogenated alkanes) is 1. The third-order valence-electron chi connectivity index (χ3n) is 2.79. The molecule has 2 unspecified atom stereocenters. The molecule has 126 valence electrons. The fraction of sp³-hybridized carbons (Fsp3) is 0.667. The lowest BCUT2D eigenvalue weighted by Gasteiger charge is -2.14. The maximum absolute atomic E-state index is 11.5. The molecule has 0 heterocycles. The number of rotatable bonds is 11. The van der Waals surface area contributed by atoms with Crippen molar-refractivity contribution in [1.82, 2.24) is 10.6 Å². The van der Waals surface area contributed by atoms with E-state index in [0.717, 1.165) is 0 Å². The third-order valence-corrected chi connectivity index (χ3v) is 2.79. The smallest absolute Gasteiger partial charge is 0.326 e. The lowest BCUT2D eigenvalue weighted by Crippen LogP contribution is -2.46. The van der Waals surface area contributed by atoms with Crippen LogP contribution in [0.25, 0.3) is 0 Å². The zero-order valence-electron chi connectivity index (χ0n) is 11.9. The number of urea groups is 1. The number of nitrogens with two attached hydrogens (primary N) is 1. The summed E-state index contributed by atoms with van der Waals surface area (Å²) in [6.07, 6.45) is 0.668. The summed E-state index contributed by atoms with van der Waals surface area (Å²) in [5.41, 5.74) is 5.30. The van der Waals surface area contributed by atoms with Crippen molar-refractivity contribution < 1.29 is 34.5 Å². The highest BCUT2D eigenvalue weighted by atomic mass is 16.4. The van der Waals surface area contributed by atoms with Crippen molar-refractivity contribution >= 4 is 23.9 Å². The number of carboxylic acid groups (broad SMARTS) is 3. The van der Waals surface area contributed by atoms with Gasteiger partial charge in [0.15, 0.2) is 0 Å². The maximum Gasteiger partial charge on any atom is 0.326 e. The van der Waals surface area contributed by atoms with Crippen molar-refractivity contribution in [3.05, 3.63) is 0 Å². The van der Waals surface area contributed by atoms with Crippen LogP contribution in [0.15, 0.2) is 0 Å². The van der Waals surface area contributed by atoms with Crippen LogP contribution in [0.1, 0.15) is 32.1 Å². The zero-order chi connectivity index (χ0) is 17.1. The van der Waals surface area contributed by atoms with E-state index in [1.165, 1.54) is 0 Å². The largest absolute Gasteiger partial charge is 0.481 e. The van der Waals surface area contributed by atoms with Gasteiger partial charge in [-0.1, -0.05) is 0 Å². The molecule has 0 aliphatic rings. The van der Waals surface area contributed by atoms with Crippen LogP contribution in [-0.2, 0) is 14.4 Å². The van der Waals surface area contributed by atoms with Gasteiger partial charge in [-0.25, -0.2) is 9.59 Å². The number of nitrogens with one attached hydrogen (secondary N) is 2. The zero-order valence-corrected chi connectivity index (χ0v) is 11.9. The van der Waals surface area contributed by atoms with Crippen LogP contribution in [0, 0.1) is 0 Å². The van der Waals surface area contributed by atoms with Crippen molar-refractivity contribution in [3.8, 4) is 0 Å². The van der Waals surface area contributed by atoms with E-state index in [4.69, 9.17) is 21.1 Å². The van der Waals surface area contributed by atoms with Crippen LogP contribution in [0.2, 0.25) is 0 Å².